The van der Waals surface area contributed by atoms with Crippen molar-refractivity contribution in [1.29, 1.82) is 0 Å². The van der Waals surface area contributed by atoms with Crippen LogP contribution in [0.15, 0.2) is 60.8 Å². The summed E-state index contributed by atoms with van der Waals surface area (Å²) in [4.78, 5) is 26.8. The van der Waals surface area contributed by atoms with Gasteiger partial charge in [0.1, 0.15) is 5.56 Å². The Kier molecular flexibility index (Phi) is 6.02. The van der Waals surface area contributed by atoms with E-state index in [1.54, 1.807) is 23.7 Å². The zero-order valence-corrected chi connectivity index (χ0v) is 17.7. The van der Waals surface area contributed by atoms with Crippen LogP contribution in [0.4, 0.5) is 5.69 Å². The fourth-order valence-electron chi connectivity index (χ4n) is 3.84. The number of nitrogens with one attached hydrogen (secondary N) is 1. The van der Waals surface area contributed by atoms with Crippen molar-refractivity contribution < 1.29 is 14.3 Å². The minimum absolute atomic E-state index is 0.0216. The van der Waals surface area contributed by atoms with E-state index >= 15 is 0 Å². The van der Waals surface area contributed by atoms with E-state index in [1.807, 2.05) is 54.3 Å². The number of anilines is 1. The highest BCUT2D eigenvalue weighted by Crippen LogP contribution is 2.20. The third kappa shape index (κ3) is 4.45. The Bertz CT molecular complexity index is 1060. The average Bonchev–Trinajstić information content (AvgIpc) is 3.41. The van der Waals surface area contributed by atoms with Crippen molar-refractivity contribution in [2.75, 3.05) is 25.0 Å². The lowest BCUT2D eigenvalue weighted by Gasteiger charge is -2.18. The summed E-state index contributed by atoms with van der Waals surface area (Å²) in [5, 5.41) is 7.79. The summed E-state index contributed by atoms with van der Waals surface area (Å²) < 4.78 is 6.74. The number of para-hydroxylation sites is 1. The van der Waals surface area contributed by atoms with Gasteiger partial charge < -0.3 is 15.0 Å². The minimum atomic E-state index is -0.384. The molecule has 2 heterocycles. The lowest BCUT2D eigenvalue weighted by atomic mass is 10.1. The van der Waals surface area contributed by atoms with Crippen LogP contribution < -0.4 is 5.32 Å². The molecule has 1 N–H and O–H groups in total. The summed E-state index contributed by atoms with van der Waals surface area (Å²) >= 11 is 0. The third-order valence-electron chi connectivity index (χ3n) is 5.48. The molecule has 7 heteroatoms. The molecule has 1 aliphatic heterocycles. The molecule has 7 nitrogen and oxygen atoms in total. The van der Waals surface area contributed by atoms with Crippen LogP contribution in [0.25, 0.3) is 5.69 Å². The molecule has 2 aromatic carbocycles. The van der Waals surface area contributed by atoms with Crippen molar-refractivity contribution in [3.05, 3.63) is 77.6 Å². The van der Waals surface area contributed by atoms with Crippen molar-refractivity contribution in [2.24, 2.45) is 0 Å². The first-order chi connectivity index (χ1) is 15.1. The number of esters is 1. The molecule has 31 heavy (non-hydrogen) atoms. The highest BCUT2D eigenvalue weighted by Gasteiger charge is 2.27. The lowest BCUT2D eigenvalue weighted by molar-refractivity contribution is 0.0525. The van der Waals surface area contributed by atoms with E-state index in [9.17, 15) is 9.59 Å². The fourth-order valence-corrected chi connectivity index (χ4v) is 3.84. The molecule has 0 saturated carbocycles. The van der Waals surface area contributed by atoms with Crippen LogP contribution in [-0.4, -0.2) is 52.3 Å². The maximum atomic E-state index is 12.9. The second-order valence-corrected chi connectivity index (χ2v) is 7.57. The molecule has 1 unspecified atom stereocenters. The van der Waals surface area contributed by atoms with Gasteiger partial charge in [-0.1, -0.05) is 18.2 Å². The van der Waals surface area contributed by atoms with Crippen molar-refractivity contribution in [3.63, 3.8) is 0 Å². The molecule has 4 rings (SSSR count). The second kappa shape index (κ2) is 9.04. The largest absolute Gasteiger partial charge is 0.462 e. The van der Waals surface area contributed by atoms with Crippen molar-refractivity contribution in [1.82, 2.24) is 14.7 Å². The van der Waals surface area contributed by atoms with E-state index in [-0.39, 0.29) is 17.9 Å². The summed E-state index contributed by atoms with van der Waals surface area (Å²) in [7, 11) is 0. The zero-order valence-electron chi connectivity index (χ0n) is 17.7. The lowest BCUT2D eigenvalue weighted by Crippen LogP contribution is -2.31. The van der Waals surface area contributed by atoms with Gasteiger partial charge in [0.2, 0.25) is 0 Å². The summed E-state index contributed by atoms with van der Waals surface area (Å²) in [6.07, 6.45) is 2.43. The number of amides is 1. The standard InChI is InChI=1S/C24H26N4O3/c1-3-31-24(30)22-15-25-28(17(22)2)21-11-9-18(10-12-21)23(29)27-14-13-20(16-27)26-19-7-5-4-6-8-19/h4-12,15,20,26H,3,13-14,16H2,1-2H3. The van der Waals surface area contributed by atoms with Gasteiger partial charge in [-0.2, -0.15) is 5.10 Å². The van der Waals surface area contributed by atoms with E-state index < -0.39 is 0 Å². The van der Waals surface area contributed by atoms with Gasteiger partial charge in [0.25, 0.3) is 5.91 Å². The number of hydrogen-bond acceptors (Lipinski definition) is 5. The summed E-state index contributed by atoms with van der Waals surface area (Å²) in [5.41, 5.74) is 3.64. The predicted molar refractivity (Wildman–Crippen MR) is 119 cm³/mol. The van der Waals surface area contributed by atoms with Gasteiger partial charge in [0.15, 0.2) is 0 Å². The van der Waals surface area contributed by atoms with E-state index in [1.165, 1.54) is 6.20 Å². The molecule has 1 fully saturated rings. The van der Waals surface area contributed by atoms with Gasteiger partial charge in [0.05, 0.1) is 24.2 Å². The summed E-state index contributed by atoms with van der Waals surface area (Å²) in [6.45, 7) is 5.32. The number of likely N-dealkylation sites (tertiary alicyclic amines) is 1. The third-order valence-corrected chi connectivity index (χ3v) is 5.48. The van der Waals surface area contributed by atoms with Crippen molar-refractivity contribution in [2.45, 2.75) is 26.3 Å². The Morgan fingerprint density at radius 3 is 2.58 bits per heavy atom. The molecule has 1 saturated heterocycles. The predicted octanol–water partition coefficient (Wildman–Crippen LogP) is 3.68. The Labute approximate surface area is 181 Å². The molecule has 3 aromatic rings. The number of ether oxygens (including phenoxy) is 1. The highest BCUT2D eigenvalue weighted by molar-refractivity contribution is 5.94. The van der Waals surface area contributed by atoms with Gasteiger partial charge in [-0.05, 0) is 56.7 Å². The number of nitrogens with zero attached hydrogens (tertiary/aromatic N) is 3. The molecule has 0 radical (unpaired) electrons. The molecule has 0 aliphatic carbocycles. The molecule has 1 atom stereocenters. The zero-order chi connectivity index (χ0) is 21.8. The van der Waals surface area contributed by atoms with Crippen LogP contribution >= 0.6 is 0 Å². The van der Waals surface area contributed by atoms with Gasteiger partial charge >= 0.3 is 5.97 Å². The smallest absolute Gasteiger partial charge is 0.341 e. The Hall–Kier alpha value is -3.61. The first-order valence-corrected chi connectivity index (χ1v) is 10.5. The molecule has 1 aliphatic rings. The maximum Gasteiger partial charge on any atom is 0.341 e. The topological polar surface area (TPSA) is 76.5 Å². The highest BCUT2D eigenvalue weighted by atomic mass is 16.5. The molecule has 0 spiro atoms. The number of carbonyl (C=O) groups excluding carboxylic acids is 2. The fraction of sp³-hybridized carbons (Fsp3) is 0.292. The minimum Gasteiger partial charge on any atom is -0.462 e. The van der Waals surface area contributed by atoms with Gasteiger partial charge in [-0.25, -0.2) is 9.48 Å². The molecule has 0 bridgehead atoms. The van der Waals surface area contributed by atoms with Crippen LogP contribution in [0.2, 0.25) is 0 Å². The second-order valence-electron chi connectivity index (χ2n) is 7.57. The van der Waals surface area contributed by atoms with Crippen LogP contribution in [0.5, 0.6) is 0 Å². The van der Waals surface area contributed by atoms with E-state index in [0.717, 1.165) is 24.3 Å². The monoisotopic (exact) mass is 418 g/mol. The number of carbonyl (C=O) groups is 2. The number of hydrogen-bond donors (Lipinski definition) is 1. The van der Waals surface area contributed by atoms with Crippen LogP contribution in [0.1, 0.15) is 39.8 Å². The molecule has 1 aromatic heterocycles. The van der Waals surface area contributed by atoms with Crippen LogP contribution in [0.3, 0.4) is 0 Å². The first kappa shape index (κ1) is 20.7. The number of rotatable bonds is 6. The maximum absolute atomic E-state index is 12.9. The average molecular weight is 418 g/mol. The SMILES string of the molecule is CCOC(=O)c1cnn(-c2ccc(C(=O)N3CCC(Nc4ccccc4)C3)cc2)c1C. The van der Waals surface area contributed by atoms with Crippen LogP contribution in [-0.2, 0) is 4.74 Å². The molecular formula is C24H26N4O3. The Morgan fingerprint density at radius 1 is 1.13 bits per heavy atom. The number of aromatic nitrogens is 2. The van der Waals surface area contributed by atoms with E-state index in [0.29, 0.717) is 30.0 Å². The van der Waals surface area contributed by atoms with Crippen molar-refractivity contribution >= 4 is 17.6 Å². The van der Waals surface area contributed by atoms with Gasteiger partial charge in [-0.3, -0.25) is 4.79 Å². The normalized spacial score (nSPS) is 15.7. The first-order valence-electron chi connectivity index (χ1n) is 10.5. The van der Waals surface area contributed by atoms with Crippen molar-refractivity contribution in [3.8, 4) is 5.69 Å². The quantitative estimate of drug-likeness (QED) is 0.618. The summed E-state index contributed by atoms with van der Waals surface area (Å²) in [5.74, 6) is -0.362. The number of benzene rings is 2. The van der Waals surface area contributed by atoms with E-state index in [2.05, 4.69) is 10.4 Å². The molecular weight excluding hydrogens is 392 g/mol. The Balaban J connectivity index is 1.42. The van der Waals surface area contributed by atoms with Gasteiger partial charge in [0, 0.05) is 30.4 Å². The summed E-state index contributed by atoms with van der Waals surface area (Å²) in [6, 6.07) is 17.6. The van der Waals surface area contributed by atoms with Gasteiger partial charge in [-0.15, -0.1) is 0 Å². The van der Waals surface area contributed by atoms with E-state index in [4.69, 9.17) is 4.74 Å². The Morgan fingerprint density at radius 2 is 1.87 bits per heavy atom. The molecule has 160 valence electrons. The molecule has 1 amide bonds. The van der Waals surface area contributed by atoms with Crippen LogP contribution in [0, 0.1) is 6.92 Å².